The highest BCUT2D eigenvalue weighted by atomic mass is 19.1. The molecule has 5 rings (SSSR count). The number of para-hydroxylation sites is 1. The molecule has 0 aliphatic carbocycles. The van der Waals surface area contributed by atoms with Gasteiger partial charge in [0.1, 0.15) is 17.7 Å². The molecule has 0 spiro atoms. The van der Waals surface area contributed by atoms with Crippen LogP contribution in [0.2, 0.25) is 0 Å². The van der Waals surface area contributed by atoms with E-state index in [9.17, 15) is 14.0 Å². The molecule has 4 N–H and O–H groups in total. The Hall–Kier alpha value is -4.67. The molecule has 0 saturated heterocycles. The number of fused-ring (bicyclic) bond motifs is 1. The second kappa shape index (κ2) is 6.99. The average Bonchev–Trinajstić information content (AvgIpc) is 3.41. The fourth-order valence-electron chi connectivity index (χ4n) is 3.27. The van der Waals surface area contributed by atoms with Crippen LogP contribution in [0, 0.1) is 5.82 Å². The molecule has 31 heavy (non-hydrogen) atoms. The predicted octanol–water partition coefficient (Wildman–Crippen LogP) is 1.80. The van der Waals surface area contributed by atoms with Crippen LogP contribution in [0.3, 0.4) is 0 Å². The van der Waals surface area contributed by atoms with E-state index in [4.69, 9.17) is 5.73 Å². The van der Waals surface area contributed by atoms with Crippen LogP contribution in [0.25, 0.3) is 39.6 Å². The number of H-pyrrole nitrogens is 2. The van der Waals surface area contributed by atoms with Gasteiger partial charge in [-0.25, -0.2) is 28.7 Å². The predicted molar refractivity (Wildman–Crippen MR) is 109 cm³/mol. The van der Waals surface area contributed by atoms with Crippen LogP contribution in [0.4, 0.5) is 4.39 Å². The van der Waals surface area contributed by atoms with Crippen LogP contribution in [0.5, 0.6) is 0 Å². The Bertz CT molecular complexity index is 1490. The Morgan fingerprint density at radius 2 is 1.77 bits per heavy atom. The normalized spacial score (nSPS) is 11.1. The summed E-state index contributed by atoms with van der Waals surface area (Å²) in [5.74, 6) is -0.745. The van der Waals surface area contributed by atoms with E-state index in [1.54, 1.807) is 30.3 Å². The van der Waals surface area contributed by atoms with Gasteiger partial charge >= 0.3 is 5.69 Å². The van der Waals surface area contributed by atoms with Gasteiger partial charge in [-0.05, 0) is 12.1 Å². The summed E-state index contributed by atoms with van der Waals surface area (Å²) in [5, 5.41) is 6.58. The van der Waals surface area contributed by atoms with Crippen molar-refractivity contribution in [2.75, 3.05) is 0 Å². The number of aromatic amines is 2. The Morgan fingerprint density at radius 3 is 2.45 bits per heavy atom. The molecule has 0 saturated carbocycles. The minimum Gasteiger partial charge on any atom is -0.364 e. The third-order valence-electron chi connectivity index (χ3n) is 4.70. The van der Waals surface area contributed by atoms with Crippen molar-refractivity contribution in [3.63, 3.8) is 0 Å². The third-order valence-corrected chi connectivity index (χ3v) is 4.70. The molecule has 11 heteroatoms. The van der Waals surface area contributed by atoms with Crippen LogP contribution in [-0.2, 0) is 0 Å². The molecule has 0 fully saturated rings. The molecule has 5 aromatic rings. The minimum atomic E-state index is -0.853. The van der Waals surface area contributed by atoms with E-state index in [0.717, 1.165) is 10.1 Å². The van der Waals surface area contributed by atoms with Crippen molar-refractivity contribution in [2.24, 2.45) is 5.73 Å². The molecule has 10 nitrogen and oxygen atoms in total. The first-order valence-corrected chi connectivity index (χ1v) is 9.06. The van der Waals surface area contributed by atoms with E-state index >= 15 is 0 Å². The molecular weight excluding hydrogens is 403 g/mol. The number of hydrogen-bond donors (Lipinski definition) is 3. The Morgan fingerprint density at radius 1 is 1.03 bits per heavy atom. The summed E-state index contributed by atoms with van der Waals surface area (Å²) in [5.41, 5.74) is 6.03. The molecular formula is C20H13FN8O2. The number of benzene rings is 2. The SMILES string of the molecule is NC(=O)c1nc(-c2ccc(-c3ncn[nH]3)cc2)nc2c1[nH]c(=O)n2-c1ccccc1F. The van der Waals surface area contributed by atoms with Gasteiger partial charge in [0.05, 0.1) is 5.69 Å². The lowest BCUT2D eigenvalue weighted by Crippen LogP contribution is -2.16. The molecule has 2 aromatic carbocycles. The molecule has 0 atom stereocenters. The van der Waals surface area contributed by atoms with Gasteiger partial charge in [-0.1, -0.05) is 36.4 Å². The lowest BCUT2D eigenvalue weighted by atomic mass is 10.1. The second-order valence-electron chi connectivity index (χ2n) is 6.59. The van der Waals surface area contributed by atoms with Gasteiger partial charge in [-0.15, -0.1) is 0 Å². The van der Waals surface area contributed by atoms with Crippen LogP contribution >= 0.6 is 0 Å². The van der Waals surface area contributed by atoms with Crippen molar-refractivity contribution in [3.8, 4) is 28.5 Å². The zero-order valence-electron chi connectivity index (χ0n) is 15.7. The van der Waals surface area contributed by atoms with Gasteiger partial charge in [0.15, 0.2) is 23.0 Å². The summed E-state index contributed by atoms with van der Waals surface area (Å²) in [6.07, 6.45) is 1.40. The summed E-state index contributed by atoms with van der Waals surface area (Å²) < 4.78 is 15.4. The summed E-state index contributed by atoms with van der Waals surface area (Å²) >= 11 is 0. The summed E-state index contributed by atoms with van der Waals surface area (Å²) in [6.45, 7) is 0. The van der Waals surface area contributed by atoms with E-state index in [1.807, 2.05) is 0 Å². The van der Waals surface area contributed by atoms with E-state index in [1.165, 1.54) is 24.5 Å². The number of carbonyl (C=O) groups is 1. The zero-order valence-corrected chi connectivity index (χ0v) is 15.7. The highest BCUT2D eigenvalue weighted by Gasteiger charge is 2.21. The summed E-state index contributed by atoms with van der Waals surface area (Å²) in [7, 11) is 0. The van der Waals surface area contributed by atoms with Gasteiger partial charge in [0.2, 0.25) is 0 Å². The van der Waals surface area contributed by atoms with Gasteiger partial charge < -0.3 is 10.7 Å². The summed E-state index contributed by atoms with van der Waals surface area (Å²) in [4.78, 5) is 39.9. The number of hydrogen-bond acceptors (Lipinski definition) is 6. The van der Waals surface area contributed by atoms with Crippen molar-refractivity contribution in [1.82, 2.24) is 34.7 Å². The maximum atomic E-state index is 14.4. The molecule has 0 aliphatic rings. The Balaban J connectivity index is 1.73. The van der Waals surface area contributed by atoms with Gasteiger partial charge in [0, 0.05) is 11.1 Å². The van der Waals surface area contributed by atoms with Gasteiger partial charge in [-0.2, -0.15) is 5.10 Å². The van der Waals surface area contributed by atoms with E-state index in [-0.39, 0.29) is 28.4 Å². The Labute approximate surface area is 172 Å². The van der Waals surface area contributed by atoms with Crippen LogP contribution < -0.4 is 11.4 Å². The van der Waals surface area contributed by atoms with Crippen molar-refractivity contribution >= 4 is 17.1 Å². The van der Waals surface area contributed by atoms with Crippen LogP contribution in [0.1, 0.15) is 10.5 Å². The largest absolute Gasteiger partial charge is 0.364 e. The average molecular weight is 416 g/mol. The standard InChI is InChI=1S/C20H13FN8O2/c21-12-3-1-2-4-13(12)29-19-15(26-20(29)31)14(16(22)30)25-18(27-19)11-7-5-10(6-8-11)17-23-9-24-28-17/h1-9H,(H2,22,30)(H,26,31)(H,23,24,28). The lowest BCUT2D eigenvalue weighted by Gasteiger charge is -2.07. The molecule has 1 amide bonds. The fourth-order valence-corrected chi connectivity index (χ4v) is 3.27. The van der Waals surface area contributed by atoms with Crippen molar-refractivity contribution < 1.29 is 9.18 Å². The Kier molecular flexibility index (Phi) is 4.14. The monoisotopic (exact) mass is 416 g/mol. The quantitative estimate of drug-likeness (QED) is 0.407. The number of primary amides is 1. The highest BCUT2D eigenvalue weighted by Crippen LogP contribution is 2.24. The highest BCUT2D eigenvalue weighted by molar-refractivity contribution is 6.02. The molecule has 0 radical (unpaired) electrons. The van der Waals surface area contributed by atoms with Gasteiger partial charge in [-0.3, -0.25) is 9.89 Å². The number of nitrogens with one attached hydrogen (secondary N) is 2. The van der Waals surface area contributed by atoms with E-state index in [2.05, 4.69) is 30.1 Å². The van der Waals surface area contributed by atoms with E-state index < -0.39 is 17.4 Å². The number of amides is 1. The maximum Gasteiger partial charge on any atom is 0.332 e. The topological polar surface area (TPSA) is 148 Å². The molecule has 0 unspecified atom stereocenters. The third kappa shape index (κ3) is 3.04. The summed E-state index contributed by atoms with van der Waals surface area (Å²) in [6, 6.07) is 12.7. The first kappa shape index (κ1) is 18.4. The number of rotatable bonds is 4. The molecule has 152 valence electrons. The van der Waals surface area contributed by atoms with Crippen LogP contribution in [-0.4, -0.2) is 40.6 Å². The maximum absolute atomic E-state index is 14.4. The number of aromatic nitrogens is 7. The van der Waals surface area contributed by atoms with Crippen molar-refractivity contribution in [3.05, 3.63) is 76.9 Å². The van der Waals surface area contributed by atoms with Gasteiger partial charge in [0.25, 0.3) is 5.91 Å². The van der Waals surface area contributed by atoms with Crippen molar-refractivity contribution in [2.45, 2.75) is 0 Å². The first-order chi connectivity index (χ1) is 15.0. The number of nitrogens with two attached hydrogens (primary N) is 1. The van der Waals surface area contributed by atoms with Crippen LogP contribution in [0.15, 0.2) is 59.7 Å². The molecule has 3 aromatic heterocycles. The zero-order chi connectivity index (χ0) is 21.5. The fraction of sp³-hybridized carbons (Fsp3) is 0. The number of carbonyl (C=O) groups excluding carboxylic acids is 1. The lowest BCUT2D eigenvalue weighted by molar-refractivity contribution is 0.0997. The van der Waals surface area contributed by atoms with E-state index in [0.29, 0.717) is 11.4 Å². The number of imidazole rings is 1. The molecule has 0 bridgehead atoms. The molecule has 3 heterocycles. The first-order valence-electron chi connectivity index (χ1n) is 9.06. The number of nitrogens with zero attached hydrogens (tertiary/aromatic N) is 5. The van der Waals surface area contributed by atoms with Crippen molar-refractivity contribution in [1.29, 1.82) is 0 Å². The molecule has 0 aliphatic heterocycles. The smallest absolute Gasteiger partial charge is 0.332 e. The number of halogens is 1. The second-order valence-corrected chi connectivity index (χ2v) is 6.59. The minimum absolute atomic E-state index is 0.0144.